The molecule has 0 saturated heterocycles. The number of aliphatic imine (C=N–C) groups is 1. The van der Waals surface area contributed by atoms with Gasteiger partial charge in [0, 0.05) is 12.8 Å². The molecular weight excluding hydrogens is 266 g/mol. The van der Waals surface area contributed by atoms with E-state index in [0.717, 1.165) is 17.0 Å². The minimum Gasteiger partial charge on any atom is -0.284 e. The van der Waals surface area contributed by atoms with Gasteiger partial charge in [-0.25, -0.2) is 0 Å². The number of carbonyl (C=O) groups is 1. The second-order valence-electron chi connectivity index (χ2n) is 4.81. The summed E-state index contributed by atoms with van der Waals surface area (Å²) < 4.78 is 0. The number of nitrogens with zero attached hydrogens (tertiary/aromatic N) is 1. The lowest BCUT2D eigenvalue weighted by atomic mass is 10.1. The molecule has 1 aliphatic heterocycles. The Bertz CT molecular complexity index is 622. The van der Waals surface area contributed by atoms with Gasteiger partial charge in [0.25, 0.3) is 0 Å². The van der Waals surface area contributed by atoms with E-state index in [2.05, 4.69) is 17.1 Å². The summed E-state index contributed by atoms with van der Waals surface area (Å²) in [5.74, 6) is 0. The van der Waals surface area contributed by atoms with Gasteiger partial charge >= 0.3 is 0 Å². The van der Waals surface area contributed by atoms with Crippen molar-refractivity contribution in [2.75, 3.05) is 0 Å². The summed E-state index contributed by atoms with van der Waals surface area (Å²) in [4.78, 5) is 16.6. The lowest BCUT2D eigenvalue weighted by molar-refractivity contribution is -0.111. The number of hydrogen-bond donors (Lipinski definition) is 0. The van der Waals surface area contributed by atoms with E-state index >= 15 is 0 Å². The monoisotopic (exact) mass is 281 g/mol. The lowest BCUT2D eigenvalue weighted by Gasteiger charge is -2.03. The maximum Gasteiger partial charge on any atom is 0.219 e. The van der Waals surface area contributed by atoms with E-state index in [0.29, 0.717) is 6.42 Å². The highest BCUT2D eigenvalue weighted by molar-refractivity contribution is 8.26. The van der Waals surface area contributed by atoms with Crippen molar-refractivity contribution in [1.29, 1.82) is 0 Å². The molecule has 0 fully saturated rings. The molecule has 1 heterocycles. The lowest BCUT2D eigenvalue weighted by Crippen LogP contribution is -2.13. The highest BCUT2D eigenvalue weighted by Crippen LogP contribution is 2.25. The number of hydrogen-bond acceptors (Lipinski definition) is 3. The molecule has 0 radical (unpaired) electrons. The quantitative estimate of drug-likeness (QED) is 0.858. The van der Waals surface area contributed by atoms with Gasteiger partial charge in [-0.15, -0.1) is 0 Å². The van der Waals surface area contributed by atoms with Crippen LogP contribution in [0.1, 0.15) is 11.1 Å². The van der Waals surface area contributed by atoms with Gasteiger partial charge < -0.3 is 0 Å². The van der Waals surface area contributed by atoms with Crippen LogP contribution in [0.3, 0.4) is 0 Å². The standard InChI is InChI=1S/C17H15NOS/c19-17-15(11-13-7-3-1-4-8-13)18-16(20-17)12-14-9-5-2-6-10-14/h1-10,15H,11-12H2. The van der Waals surface area contributed by atoms with Crippen LogP contribution in [0.4, 0.5) is 0 Å². The van der Waals surface area contributed by atoms with Gasteiger partial charge in [0.15, 0.2) is 0 Å². The van der Waals surface area contributed by atoms with Crippen molar-refractivity contribution in [3.8, 4) is 0 Å². The minimum absolute atomic E-state index is 0.166. The Morgan fingerprint density at radius 1 is 0.900 bits per heavy atom. The Morgan fingerprint density at radius 2 is 1.50 bits per heavy atom. The SMILES string of the molecule is O=C1SC(Cc2ccccc2)=NC1Cc1ccccc1. The Hall–Kier alpha value is -1.87. The maximum atomic E-state index is 12.0. The van der Waals surface area contributed by atoms with E-state index in [-0.39, 0.29) is 11.2 Å². The predicted molar refractivity (Wildman–Crippen MR) is 84.1 cm³/mol. The van der Waals surface area contributed by atoms with Gasteiger partial charge in [0.2, 0.25) is 5.12 Å². The molecular formula is C17H15NOS. The second-order valence-corrected chi connectivity index (χ2v) is 5.89. The normalized spacial score (nSPS) is 18.1. The van der Waals surface area contributed by atoms with E-state index in [1.54, 1.807) is 0 Å². The molecule has 2 aromatic rings. The molecule has 1 unspecified atom stereocenters. The van der Waals surface area contributed by atoms with Crippen LogP contribution in [0, 0.1) is 0 Å². The van der Waals surface area contributed by atoms with Crippen molar-refractivity contribution in [3.63, 3.8) is 0 Å². The molecule has 0 aliphatic carbocycles. The van der Waals surface area contributed by atoms with Crippen LogP contribution in [0.15, 0.2) is 65.7 Å². The molecule has 0 bridgehead atoms. The highest BCUT2D eigenvalue weighted by atomic mass is 32.2. The molecule has 0 N–H and O–H groups in total. The van der Waals surface area contributed by atoms with Gasteiger partial charge in [0.1, 0.15) is 6.04 Å². The van der Waals surface area contributed by atoms with Crippen LogP contribution in [0.25, 0.3) is 0 Å². The predicted octanol–water partition coefficient (Wildman–Crippen LogP) is 3.51. The first-order valence-electron chi connectivity index (χ1n) is 6.67. The number of thioether (sulfide) groups is 1. The summed E-state index contributed by atoms with van der Waals surface area (Å²) in [7, 11) is 0. The summed E-state index contributed by atoms with van der Waals surface area (Å²) in [6, 6.07) is 20.0. The largest absolute Gasteiger partial charge is 0.284 e. The fraction of sp³-hybridized carbons (Fsp3) is 0.176. The van der Waals surface area contributed by atoms with Crippen LogP contribution in [-0.4, -0.2) is 16.2 Å². The van der Waals surface area contributed by atoms with Crippen LogP contribution in [0.2, 0.25) is 0 Å². The van der Waals surface area contributed by atoms with E-state index in [1.165, 1.54) is 17.3 Å². The zero-order valence-electron chi connectivity index (χ0n) is 11.0. The summed E-state index contributed by atoms with van der Waals surface area (Å²) in [5, 5.41) is 1.10. The van der Waals surface area contributed by atoms with Gasteiger partial charge in [-0.1, -0.05) is 60.7 Å². The van der Waals surface area contributed by atoms with Crippen LogP contribution in [-0.2, 0) is 17.6 Å². The van der Waals surface area contributed by atoms with Crippen molar-refractivity contribution in [2.45, 2.75) is 18.9 Å². The molecule has 0 spiro atoms. The fourth-order valence-electron chi connectivity index (χ4n) is 2.26. The molecule has 2 aromatic carbocycles. The van der Waals surface area contributed by atoms with E-state index in [9.17, 15) is 4.79 Å². The smallest absolute Gasteiger partial charge is 0.219 e. The van der Waals surface area contributed by atoms with Crippen molar-refractivity contribution in [1.82, 2.24) is 0 Å². The first-order chi connectivity index (χ1) is 9.81. The van der Waals surface area contributed by atoms with E-state index < -0.39 is 0 Å². The maximum absolute atomic E-state index is 12.0. The number of rotatable bonds is 4. The molecule has 3 heteroatoms. The highest BCUT2D eigenvalue weighted by Gasteiger charge is 2.27. The molecule has 1 aliphatic rings. The third-order valence-corrected chi connectivity index (χ3v) is 4.22. The van der Waals surface area contributed by atoms with Crippen LogP contribution < -0.4 is 0 Å². The average Bonchev–Trinajstić information content (AvgIpc) is 2.81. The number of benzene rings is 2. The Morgan fingerprint density at radius 3 is 2.15 bits per heavy atom. The molecule has 2 nitrogen and oxygen atoms in total. The third kappa shape index (κ3) is 3.17. The van der Waals surface area contributed by atoms with Crippen molar-refractivity contribution < 1.29 is 4.79 Å². The minimum atomic E-state index is -0.221. The molecule has 0 saturated carbocycles. The Labute approximate surface area is 122 Å². The summed E-state index contributed by atoms with van der Waals surface area (Å²) >= 11 is 1.30. The van der Waals surface area contributed by atoms with Crippen molar-refractivity contribution in [3.05, 3.63) is 71.8 Å². The van der Waals surface area contributed by atoms with E-state index in [4.69, 9.17) is 0 Å². The Balaban J connectivity index is 1.69. The topological polar surface area (TPSA) is 29.4 Å². The number of carbonyl (C=O) groups excluding carboxylic acids is 1. The third-order valence-electron chi connectivity index (χ3n) is 3.26. The second kappa shape index (κ2) is 6.06. The summed E-state index contributed by atoms with van der Waals surface area (Å²) in [6.45, 7) is 0. The zero-order chi connectivity index (χ0) is 13.8. The molecule has 20 heavy (non-hydrogen) atoms. The summed E-state index contributed by atoms with van der Waals surface area (Å²) in [6.07, 6.45) is 1.45. The van der Waals surface area contributed by atoms with Gasteiger partial charge in [-0.05, 0) is 22.9 Å². The zero-order valence-corrected chi connectivity index (χ0v) is 11.8. The fourth-order valence-corrected chi connectivity index (χ4v) is 3.18. The van der Waals surface area contributed by atoms with Gasteiger partial charge in [0.05, 0.1) is 5.04 Å². The molecule has 0 amide bonds. The first kappa shape index (κ1) is 13.1. The molecule has 100 valence electrons. The van der Waals surface area contributed by atoms with E-state index in [1.807, 2.05) is 48.5 Å². The summed E-state index contributed by atoms with van der Waals surface area (Å²) in [5.41, 5.74) is 2.36. The Kier molecular flexibility index (Phi) is 3.97. The molecule has 1 atom stereocenters. The molecule has 0 aromatic heterocycles. The van der Waals surface area contributed by atoms with Crippen LogP contribution in [0.5, 0.6) is 0 Å². The molecule has 3 rings (SSSR count). The average molecular weight is 281 g/mol. The van der Waals surface area contributed by atoms with Crippen molar-refractivity contribution >= 4 is 21.9 Å². The van der Waals surface area contributed by atoms with Crippen LogP contribution >= 0.6 is 11.8 Å². The first-order valence-corrected chi connectivity index (χ1v) is 7.49. The van der Waals surface area contributed by atoms with Gasteiger partial charge in [-0.2, -0.15) is 0 Å². The van der Waals surface area contributed by atoms with Crippen molar-refractivity contribution in [2.24, 2.45) is 4.99 Å². The van der Waals surface area contributed by atoms with Gasteiger partial charge in [-0.3, -0.25) is 9.79 Å².